The fourth-order valence-electron chi connectivity index (χ4n) is 1.54. The van der Waals surface area contributed by atoms with Gasteiger partial charge in [-0.3, -0.25) is 0 Å². The van der Waals surface area contributed by atoms with Crippen molar-refractivity contribution in [3.05, 3.63) is 23.8 Å². The molecule has 0 aliphatic carbocycles. The van der Waals surface area contributed by atoms with E-state index in [1.807, 2.05) is 0 Å². The lowest BCUT2D eigenvalue weighted by molar-refractivity contribution is 0.0806. The van der Waals surface area contributed by atoms with Gasteiger partial charge in [0.05, 0.1) is 19.1 Å². The molecule has 0 aliphatic heterocycles. The molecule has 0 fully saturated rings. The molecule has 0 aromatic heterocycles. The molecule has 5 nitrogen and oxygen atoms in total. The number of rotatable bonds is 9. The number of nitrogens with zero attached hydrogens (tertiary/aromatic N) is 1. The van der Waals surface area contributed by atoms with Crippen LogP contribution in [0.4, 0.5) is 5.69 Å². The molecule has 1 aromatic rings. The van der Waals surface area contributed by atoms with E-state index in [9.17, 15) is 0 Å². The minimum absolute atomic E-state index is 0.288. The largest absolute Gasteiger partial charge is 0.491 e. The Labute approximate surface area is 113 Å². The Bertz CT molecular complexity index is 416. The number of anilines is 1. The second kappa shape index (κ2) is 9.20. The van der Waals surface area contributed by atoms with E-state index in [1.54, 1.807) is 25.3 Å². The zero-order chi connectivity index (χ0) is 13.9. The van der Waals surface area contributed by atoms with Crippen molar-refractivity contribution in [2.24, 2.45) is 0 Å². The van der Waals surface area contributed by atoms with Gasteiger partial charge in [-0.15, -0.1) is 0 Å². The average Bonchev–Trinajstić information content (AvgIpc) is 2.41. The fraction of sp³-hybridized carbons (Fsp3) is 0.500. The Hall–Kier alpha value is -1.77. The highest BCUT2D eigenvalue weighted by atomic mass is 16.5. The number of methoxy groups -OCH3 is 1. The molecule has 0 amide bonds. The van der Waals surface area contributed by atoms with E-state index < -0.39 is 0 Å². The second-order valence-corrected chi connectivity index (χ2v) is 4.00. The van der Waals surface area contributed by atoms with Crippen molar-refractivity contribution in [3.8, 4) is 11.8 Å². The first kappa shape index (κ1) is 15.3. The molecule has 0 bridgehead atoms. The van der Waals surface area contributed by atoms with Crippen molar-refractivity contribution < 1.29 is 14.2 Å². The van der Waals surface area contributed by atoms with Gasteiger partial charge in [0.15, 0.2) is 0 Å². The molecule has 0 unspecified atom stereocenters. The van der Waals surface area contributed by atoms with Gasteiger partial charge in [-0.05, 0) is 30.2 Å². The molecule has 1 rings (SSSR count). The summed E-state index contributed by atoms with van der Waals surface area (Å²) >= 11 is 0. The first-order valence-electron chi connectivity index (χ1n) is 6.22. The summed E-state index contributed by atoms with van der Waals surface area (Å²) in [7, 11) is 1.67. The number of benzene rings is 1. The second-order valence-electron chi connectivity index (χ2n) is 4.00. The Morgan fingerprint density at radius 2 is 2.05 bits per heavy atom. The van der Waals surface area contributed by atoms with Crippen LogP contribution in [0.15, 0.2) is 18.2 Å². The molecular formula is C14H20N2O3. The van der Waals surface area contributed by atoms with Crippen LogP contribution in [0, 0.1) is 11.3 Å². The summed E-state index contributed by atoms with van der Waals surface area (Å²) in [5.74, 6) is 0.708. The Morgan fingerprint density at radius 1 is 1.21 bits per heavy atom. The summed E-state index contributed by atoms with van der Waals surface area (Å²) in [5.41, 5.74) is 7.16. The lowest BCUT2D eigenvalue weighted by Gasteiger charge is -2.09. The molecule has 0 atom stereocenters. The molecule has 1 aromatic carbocycles. The van der Waals surface area contributed by atoms with E-state index in [4.69, 9.17) is 25.2 Å². The third-order valence-corrected chi connectivity index (χ3v) is 2.52. The van der Waals surface area contributed by atoms with Crippen LogP contribution in [0.5, 0.6) is 5.75 Å². The van der Waals surface area contributed by atoms with Crippen molar-refractivity contribution >= 4 is 5.69 Å². The summed E-state index contributed by atoms with van der Waals surface area (Å²) in [4.78, 5) is 0. The first-order chi connectivity index (χ1) is 9.27. The normalized spacial score (nSPS) is 10.1. The summed E-state index contributed by atoms with van der Waals surface area (Å²) in [5, 5.41) is 8.68. The van der Waals surface area contributed by atoms with E-state index in [0.29, 0.717) is 37.9 Å². The maximum Gasteiger partial charge on any atom is 0.119 e. The molecular weight excluding hydrogens is 244 g/mol. The summed E-state index contributed by atoms with van der Waals surface area (Å²) in [6, 6.07) is 7.42. The maximum atomic E-state index is 8.68. The average molecular weight is 264 g/mol. The van der Waals surface area contributed by atoms with E-state index in [-0.39, 0.29) is 6.42 Å². The fourth-order valence-corrected chi connectivity index (χ4v) is 1.54. The smallest absolute Gasteiger partial charge is 0.119 e. The highest BCUT2D eigenvalue weighted by molar-refractivity contribution is 5.51. The predicted molar refractivity (Wildman–Crippen MR) is 73.0 cm³/mol. The molecule has 0 radical (unpaired) electrons. The number of ether oxygens (including phenoxy) is 3. The topological polar surface area (TPSA) is 77.5 Å². The van der Waals surface area contributed by atoms with Crippen LogP contribution in [0.3, 0.4) is 0 Å². The molecule has 5 heteroatoms. The molecule has 0 heterocycles. The van der Waals surface area contributed by atoms with Gasteiger partial charge in [0.1, 0.15) is 12.4 Å². The quantitative estimate of drug-likeness (QED) is 0.543. The third-order valence-electron chi connectivity index (χ3n) is 2.52. The van der Waals surface area contributed by atoms with Crippen molar-refractivity contribution in [1.29, 1.82) is 5.26 Å². The predicted octanol–water partition coefficient (Wildman–Crippen LogP) is 1.77. The lowest BCUT2D eigenvalue weighted by Crippen LogP contribution is -2.08. The lowest BCUT2D eigenvalue weighted by atomic mass is 10.1. The van der Waals surface area contributed by atoms with Gasteiger partial charge in [0, 0.05) is 26.0 Å². The van der Waals surface area contributed by atoms with Gasteiger partial charge in [-0.2, -0.15) is 5.26 Å². The van der Waals surface area contributed by atoms with Gasteiger partial charge in [-0.1, -0.05) is 0 Å². The summed E-state index contributed by atoms with van der Waals surface area (Å²) in [6.07, 6.45) is 1.17. The van der Waals surface area contributed by atoms with E-state index in [1.165, 1.54) is 0 Å². The Balaban J connectivity index is 2.26. The van der Waals surface area contributed by atoms with Gasteiger partial charge >= 0.3 is 0 Å². The van der Waals surface area contributed by atoms with Crippen LogP contribution < -0.4 is 10.5 Å². The van der Waals surface area contributed by atoms with Crippen LogP contribution in [0.2, 0.25) is 0 Å². The maximum absolute atomic E-state index is 8.68. The minimum Gasteiger partial charge on any atom is -0.491 e. The summed E-state index contributed by atoms with van der Waals surface area (Å²) in [6.45, 7) is 2.37. The van der Waals surface area contributed by atoms with Crippen LogP contribution in [-0.4, -0.2) is 33.5 Å². The molecule has 2 N–H and O–H groups in total. The monoisotopic (exact) mass is 264 g/mol. The van der Waals surface area contributed by atoms with Gasteiger partial charge in [0.25, 0.3) is 0 Å². The van der Waals surface area contributed by atoms with Crippen molar-refractivity contribution in [2.45, 2.75) is 12.8 Å². The molecule has 0 spiro atoms. The van der Waals surface area contributed by atoms with Gasteiger partial charge in [0.2, 0.25) is 0 Å². The Morgan fingerprint density at radius 3 is 2.79 bits per heavy atom. The van der Waals surface area contributed by atoms with Crippen LogP contribution >= 0.6 is 0 Å². The zero-order valence-corrected chi connectivity index (χ0v) is 11.2. The molecule has 0 saturated heterocycles. The van der Waals surface area contributed by atoms with Gasteiger partial charge < -0.3 is 19.9 Å². The molecule has 0 saturated carbocycles. The first-order valence-corrected chi connectivity index (χ1v) is 6.22. The van der Waals surface area contributed by atoms with Crippen LogP contribution in [-0.2, 0) is 15.9 Å². The SMILES string of the molecule is COCCCOCCOc1ccc(N)c(CC#N)c1. The van der Waals surface area contributed by atoms with Crippen molar-refractivity contribution in [3.63, 3.8) is 0 Å². The van der Waals surface area contributed by atoms with Crippen molar-refractivity contribution in [1.82, 2.24) is 0 Å². The number of nitriles is 1. The van der Waals surface area contributed by atoms with Crippen molar-refractivity contribution in [2.75, 3.05) is 39.3 Å². The molecule has 19 heavy (non-hydrogen) atoms. The number of hydrogen-bond acceptors (Lipinski definition) is 5. The molecule has 104 valence electrons. The minimum atomic E-state index is 0.288. The third kappa shape index (κ3) is 6.09. The zero-order valence-electron chi connectivity index (χ0n) is 11.2. The highest BCUT2D eigenvalue weighted by Crippen LogP contribution is 2.19. The number of hydrogen-bond donors (Lipinski definition) is 1. The standard InChI is InChI=1S/C14H20N2O3/c1-17-7-2-8-18-9-10-19-13-3-4-14(16)12(11-13)5-6-15/h3-4,11H,2,5,7-10,16H2,1H3. The van der Waals surface area contributed by atoms with Crippen LogP contribution in [0.1, 0.15) is 12.0 Å². The van der Waals surface area contributed by atoms with E-state index in [2.05, 4.69) is 6.07 Å². The van der Waals surface area contributed by atoms with Gasteiger partial charge in [-0.25, -0.2) is 0 Å². The highest BCUT2D eigenvalue weighted by Gasteiger charge is 2.01. The Kier molecular flexibility index (Phi) is 7.40. The van der Waals surface area contributed by atoms with Crippen LogP contribution in [0.25, 0.3) is 0 Å². The van der Waals surface area contributed by atoms with E-state index in [0.717, 1.165) is 12.0 Å². The van der Waals surface area contributed by atoms with E-state index >= 15 is 0 Å². The molecule has 0 aliphatic rings. The number of nitrogen functional groups attached to an aromatic ring is 1. The summed E-state index contributed by atoms with van der Waals surface area (Å²) < 4.78 is 15.8. The number of nitrogens with two attached hydrogens (primary N) is 1.